The van der Waals surface area contributed by atoms with E-state index in [0.717, 1.165) is 0 Å². The van der Waals surface area contributed by atoms with Crippen LogP contribution < -0.4 is 16.8 Å². The van der Waals surface area contributed by atoms with Crippen LogP contribution in [0.3, 0.4) is 0 Å². The van der Waals surface area contributed by atoms with Gasteiger partial charge in [0.25, 0.3) is 0 Å². The smallest absolute Gasteiger partial charge is 0.332 e. The summed E-state index contributed by atoms with van der Waals surface area (Å²) in [6, 6.07) is -2.32. The van der Waals surface area contributed by atoms with Crippen LogP contribution in [0.15, 0.2) is 0 Å². The Kier molecular flexibility index (Phi) is 5.32. The molecule has 0 fully saturated rings. The first-order valence-electron chi connectivity index (χ1n) is 4.42. The molecule has 2 unspecified atom stereocenters. The molecule has 0 spiro atoms. The summed E-state index contributed by atoms with van der Waals surface area (Å²) in [5, 5.41) is 2.18. The fraction of sp³-hybridized carbons (Fsp3) is 0.625. The number of amides is 2. The lowest BCUT2D eigenvalue weighted by Crippen LogP contribution is -2.52. The molecule has 5 N–H and O–H groups in total. The van der Waals surface area contributed by atoms with Crippen LogP contribution in [0.2, 0.25) is 0 Å². The number of nitrogens with one attached hydrogen (secondary N) is 1. The minimum atomic E-state index is -1.44. The molecule has 0 rings (SSSR count). The van der Waals surface area contributed by atoms with E-state index in [9.17, 15) is 14.4 Å². The van der Waals surface area contributed by atoms with Crippen LogP contribution in [0.1, 0.15) is 13.8 Å². The number of carbonyl (C=O) groups is 3. The predicted molar refractivity (Wildman–Crippen MR) is 51.4 cm³/mol. The van der Waals surface area contributed by atoms with Gasteiger partial charge >= 0.3 is 5.97 Å². The van der Waals surface area contributed by atoms with Gasteiger partial charge in [0.1, 0.15) is 6.04 Å². The van der Waals surface area contributed by atoms with Gasteiger partial charge in [-0.15, -0.1) is 0 Å². The Morgan fingerprint density at radius 3 is 2.33 bits per heavy atom. The van der Waals surface area contributed by atoms with Crippen molar-refractivity contribution in [2.75, 3.05) is 6.61 Å². The summed E-state index contributed by atoms with van der Waals surface area (Å²) in [6.07, 6.45) is 0. The van der Waals surface area contributed by atoms with E-state index in [1.807, 2.05) is 0 Å². The normalized spacial score (nSPS) is 13.8. The quantitative estimate of drug-likeness (QED) is 0.358. The van der Waals surface area contributed by atoms with Crippen LogP contribution in [0.5, 0.6) is 0 Å². The van der Waals surface area contributed by atoms with Crippen LogP contribution in [-0.2, 0) is 19.1 Å². The van der Waals surface area contributed by atoms with Crippen molar-refractivity contribution < 1.29 is 19.1 Å². The maximum atomic E-state index is 11.2. The molecule has 7 nitrogen and oxygen atoms in total. The molecule has 0 aliphatic heterocycles. The first-order chi connectivity index (χ1) is 6.90. The van der Waals surface area contributed by atoms with Crippen LogP contribution >= 0.6 is 0 Å². The molecule has 0 saturated carbocycles. The van der Waals surface area contributed by atoms with Gasteiger partial charge < -0.3 is 21.5 Å². The Hall–Kier alpha value is -1.63. The molecule has 2 amide bonds. The number of primary amides is 1. The van der Waals surface area contributed by atoms with Crippen molar-refractivity contribution in [3.8, 4) is 0 Å². The number of hydrogen-bond donors (Lipinski definition) is 3. The summed E-state index contributed by atoms with van der Waals surface area (Å²) in [4.78, 5) is 32.8. The minimum Gasteiger partial charge on any atom is -0.464 e. The van der Waals surface area contributed by atoms with E-state index in [4.69, 9.17) is 11.5 Å². The predicted octanol–water partition coefficient (Wildman–Crippen LogP) is -2.13. The number of hydrogen-bond acceptors (Lipinski definition) is 5. The third-order valence-electron chi connectivity index (χ3n) is 1.61. The average molecular weight is 217 g/mol. The van der Waals surface area contributed by atoms with Crippen LogP contribution in [0, 0.1) is 0 Å². The van der Waals surface area contributed by atoms with Crippen LogP contribution in [-0.4, -0.2) is 36.5 Å². The second-order valence-electron chi connectivity index (χ2n) is 2.86. The van der Waals surface area contributed by atoms with Crippen molar-refractivity contribution in [3.05, 3.63) is 0 Å². The highest BCUT2D eigenvalue weighted by atomic mass is 16.5. The van der Waals surface area contributed by atoms with Gasteiger partial charge in [-0.1, -0.05) is 0 Å². The lowest BCUT2D eigenvalue weighted by atomic mass is 10.2. The average Bonchev–Trinajstić information content (AvgIpc) is 2.16. The maximum Gasteiger partial charge on any atom is 0.332 e. The lowest BCUT2D eigenvalue weighted by Gasteiger charge is -2.13. The Morgan fingerprint density at radius 2 is 1.93 bits per heavy atom. The molecular formula is C8H15N3O4. The van der Waals surface area contributed by atoms with Crippen LogP contribution in [0.4, 0.5) is 0 Å². The van der Waals surface area contributed by atoms with Gasteiger partial charge in [-0.2, -0.15) is 0 Å². The highest BCUT2D eigenvalue weighted by Gasteiger charge is 2.25. The topological polar surface area (TPSA) is 125 Å². The summed E-state index contributed by atoms with van der Waals surface area (Å²) in [5.74, 6) is -2.34. The monoisotopic (exact) mass is 217 g/mol. The zero-order chi connectivity index (χ0) is 12.0. The fourth-order valence-electron chi connectivity index (χ4n) is 0.713. The van der Waals surface area contributed by atoms with Crippen molar-refractivity contribution in [2.45, 2.75) is 25.9 Å². The number of esters is 1. The highest BCUT2D eigenvalue weighted by Crippen LogP contribution is 1.88. The largest absolute Gasteiger partial charge is 0.464 e. The first-order valence-corrected chi connectivity index (χ1v) is 4.42. The SMILES string of the molecule is CCOC(=O)C(N)C(=O)NC(C)C(N)=O. The second-order valence-corrected chi connectivity index (χ2v) is 2.86. The number of rotatable bonds is 5. The summed E-state index contributed by atoms with van der Waals surface area (Å²) in [6.45, 7) is 3.11. The van der Waals surface area contributed by atoms with E-state index in [1.54, 1.807) is 6.92 Å². The number of nitrogens with two attached hydrogens (primary N) is 2. The molecule has 0 aromatic rings. The highest BCUT2D eigenvalue weighted by molar-refractivity contribution is 6.03. The minimum absolute atomic E-state index is 0.130. The molecule has 0 heterocycles. The molecule has 0 saturated heterocycles. The van der Waals surface area contributed by atoms with Crippen LogP contribution in [0.25, 0.3) is 0 Å². The third-order valence-corrected chi connectivity index (χ3v) is 1.61. The van der Waals surface area contributed by atoms with E-state index in [0.29, 0.717) is 0 Å². The zero-order valence-corrected chi connectivity index (χ0v) is 8.65. The van der Waals surface area contributed by atoms with E-state index < -0.39 is 29.9 Å². The Labute approximate surface area is 87.1 Å². The fourth-order valence-corrected chi connectivity index (χ4v) is 0.713. The zero-order valence-electron chi connectivity index (χ0n) is 8.65. The van der Waals surface area contributed by atoms with Crippen molar-refractivity contribution in [2.24, 2.45) is 11.5 Å². The molecule has 2 atom stereocenters. The molecule has 0 radical (unpaired) electrons. The number of ether oxygens (including phenoxy) is 1. The maximum absolute atomic E-state index is 11.2. The van der Waals surface area contributed by atoms with Gasteiger partial charge in [-0.25, -0.2) is 4.79 Å². The molecule has 0 aromatic heterocycles. The van der Waals surface area contributed by atoms with E-state index >= 15 is 0 Å². The Morgan fingerprint density at radius 1 is 1.40 bits per heavy atom. The second kappa shape index (κ2) is 5.97. The molecule has 7 heteroatoms. The van der Waals surface area contributed by atoms with Crippen molar-refractivity contribution in [3.63, 3.8) is 0 Å². The van der Waals surface area contributed by atoms with Gasteiger partial charge in [0, 0.05) is 0 Å². The Balaban J connectivity index is 4.21. The standard InChI is InChI=1S/C8H15N3O4/c1-3-15-8(14)5(9)7(13)11-4(2)6(10)12/h4-5H,3,9H2,1-2H3,(H2,10,12)(H,11,13). The summed E-state index contributed by atoms with van der Waals surface area (Å²) in [5.41, 5.74) is 10.2. The van der Waals surface area contributed by atoms with Gasteiger partial charge in [0.2, 0.25) is 11.8 Å². The summed E-state index contributed by atoms with van der Waals surface area (Å²) in [7, 11) is 0. The van der Waals surface area contributed by atoms with E-state index in [2.05, 4.69) is 10.1 Å². The first kappa shape index (κ1) is 13.4. The lowest BCUT2D eigenvalue weighted by molar-refractivity contribution is -0.148. The van der Waals surface area contributed by atoms with Gasteiger partial charge in [-0.3, -0.25) is 9.59 Å². The molecule has 15 heavy (non-hydrogen) atoms. The Bertz CT molecular complexity index is 267. The van der Waals surface area contributed by atoms with Gasteiger partial charge in [0.05, 0.1) is 6.61 Å². The molecule has 0 aliphatic carbocycles. The van der Waals surface area contributed by atoms with Gasteiger partial charge in [0.15, 0.2) is 6.04 Å². The third kappa shape index (κ3) is 4.41. The number of carbonyl (C=O) groups excluding carboxylic acids is 3. The van der Waals surface area contributed by atoms with Crippen molar-refractivity contribution in [1.82, 2.24) is 5.32 Å². The summed E-state index contributed by atoms with van der Waals surface area (Å²) < 4.78 is 4.53. The molecule has 0 bridgehead atoms. The van der Waals surface area contributed by atoms with E-state index in [-0.39, 0.29) is 6.61 Å². The summed E-state index contributed by atoms with van der Waals surface area (Å²) >= 11 is 0. The molecule has 86 valence electrons. The van der Waals surface area contributed by atoms with Crippen molar-refractivity contribution in [1.29, 1.82) is 0 Å². The molecule has 0 aliphatic rings. The van der Waals surface area contributed by atoms with Crippen molar-refractivity contribution >= 4 is 17.8 Å². The van der Waals surface area contributed by atoms with E-state index in [1.165, 1.54) is 6.92 Å². The van der Waals surface area contributed by atoms with Gasteiger partial charge in [-0.05, 0) is 13.8 Å². The molecule has 0 aromatic carbocycles. The molecular weight excluding hydrogens is 202 g/mol.